The summed E-state index contributed by atoms with van der Waals surface area (Å²) >= 11 is 5.71. The second kappa shape index (κ2) is 9.63. The van der Waals surface area contributed by atoms with Crippen molar-refractivity contribution in [1.29, 1.82) is 0 Å². The van der Waals surface area contributed by atoms with Crippen LogP contribution in [0.25, 0.3) is 0 Å². The smallest absolute Gasteiger partial charge is 0.338 e. The number of sulfonamides is 1. The van der Waals surface area contributed by atoms with Gasteiger partial charge in [-0.3, -0.25) is 4.79 Å². The molecule has 2 rings (SSSR count). The number of rotatable bonds is 8. The van der Waals surface area contributed by atoms with Gasteiger partial charge in [0.1, 0.15) is 5.82 Å². The molecule has 0 unspecified atom stereocenters. The van der Waals surface area contributed by atoms with Crippen LogP contribution in [0.4, 0.5) is 5.82 Å². The van der Waals surface area contributed by atoms with Crippen LogP contribution in [0.5, 0.6) is 0 Å². The maximum absolute atomic E-state index is 12.6. The van der Waals surface area contributed by atoms with E-state index in [0.717, 1.165) is 0 Å². The van der Waals surface area contributed by atoms with E-state index in [4.69, 9.17) is 16.3 Å². The topological polar surface area (TPSA) is 106 Å². The Labute approximate surface area is 168 Å². The largest absolute Gasteiger partial charge is 0.452 e. The molecule has 0 aliphatic carbocycles. The number of amides is 1. The number of carbonyl (C=O) groups is 2. The van der Waals surface area contributed by atoms with Crippen LogP contribution in [-0.4, -0.2) is 49.3 Å². The number of anilines is 1. The molecule has 0 fully saturated rings. The third-order valence-electron chi connectivity index (χ3n) is 3.74. The zero-order valence-electron chi connectivity index (χ0n) is 15.4. The van der Waals surface area contributed by atoms with E-state index in [9.17, 15) is 18.0 Å². The summed E-state index contributed by atoms with van der Waals surface area (Å²) in [5, 5.41) is 2.87. The van der Waals surface area contributed by atoms with Crippen LogP contribution in [0.15, 0.2) is 47.5 Å². The van der Waals surface area contributed by atoms with Crippen LogP contribution >= 0.6 is 11.6 Å². The number of benzene rings is 1. The molecule has 1 amide bonds. The minimum atomic E-state index is -3.71. The van der Waals surface area contributed by atoms with Gasteiger partial charge in [0.25, 0.3) is 5.91 Å². The monoisotopic (exact) mass is 425 g/mol. The zero-order chi connectivity index (χ0) is 20.7. The van der Waals surface area contributed by atoms with Crippen LogP contribution < -0.4 is 5.32 Å². The second-order valence-electron chi connectivity index (χ2n) is 5.60. The summed E-state index contributed by atoms with van der Waals surface area (Å²) in [5.41, 5.74) is 0.0330. The van der Waals surface area contributed by atoms with Crippen LogP contribution in [0.3, 0.4) is 0 Å². The Kier molecular flexibility index (Phi) is 7.50. The molecule has 150 valence electrons. The van der Waals surface area contributed by atoms with Gasteiger partial charge in [0.2, 0.25) is 10.0 Å². The highest BCUT2D eigenvalue weighted by atomic mass is 35.5. The quantitative estimate of drug-likeness (QED) is 0.651. The fourth-order valence-corrected chi connectivity index (χ4v) is 3.96. The Morgan fingerprint density at radius 2 is 1.89 bits per heavy atom. The Morgan fingerprint density at radius 3 is 2.50 bits per heavy atom. The van der Waals surface area contributed by atoms with Crippen LogP contribution in [0.1, 0.15) is 24.2 Å². The maximum atomic E-state index is 12.6. The van der Waals surface area contributed by atoms with Gasteiger partial charge in [0.05, 0.1) is 15.5 Å². The van der Waals surface area contributed by atoms with Gasteiger partial charge in [-0.2, -0.15) is 4.31 Å². The molecule has 1 heterocycles. The van der Waals surface area contributed by atoms with E-state index in [1.54, 1.807) is 19.9 Å². The minimum Gasteiger partial charge on any atom is -0.452 e. The molecule has 0 aliphatic heterocycles. The fraction of sp³-hybridized carbons (Fsp3) is 0.278. The number of carbonyl (C=O) groups excluding carboxylic acids is 2. The van der Waals surface area contributed by atoms with E-state index >= 15 is 0 Å². The lowest BCUT2D eigenvalue weighted by atomic mass is 10.2. The first-order valence-electron chi connectivity index (χ1n) is 8.46. The molecular weight excluding hydrogens is 406 g/mol. The lowest BCUT2D eigenvalue weighted by molar-refractivity contribution is -0.119. The summed E-state index contributed by atoms with van der Waals surface area (Å²) in [4.78, 5) is 27.9. The molecule has 1 aromatic carbocycles. The average Bonchev–Trinajstić information content (AvgIpc) is 2.68. The third-order valence-corrected chi connectivity index (χ3v) is 6.01. The first kappa shape index (κ1) is 21.8. The molecule has 0 bridgehead atoms. The van der Waals surface area contributed by atoms with E-state index in [0.29, 0.717) is 18.1 Å². The molecule has 28 heavy (non-hydrogen) atoms. The van der Waals surface area contributed by atoms with E-state index in [-0.39, 0.29) is 16.3 Å². The molecule has 8 nitrogen and oxygen atoms in total. The SMILES string of the molecule is CCN(CC)S(=O)(=O)c1cccc(C(=O)OCC(=O)Nc2ccc(Cl)cn2)c1. The summed E-state index contributed by atoms with van der Waals surface area (Å²) < 4.78 is 31.3. The maximum Gasteiger partial charge on any atom is 0.338 e. The number of ether oxygens (including phenoxy) is 1. The fourth-order valence-electron chi connectivity index (χ4n) is 2.34. The highest BCUT2D eigenvalue weighted by molar-refractivity contribution is 7.89. The predicted molar refractivity (Wildman–Crippen MR) is 105 cm³/mol. The van der Waals surface area contributed by atoms with Crippen LogP contribution in [0.2, 0.25) is 5.02 Å². The molecular formula is C18H20ClN3O5S. The highest BCUT2D eigenvalue weighted by Gasteiger charge is 2.23. The number of nitrogens with one attached hydrogen (secondary N) is 1. The number of hydrogen-bond donors (Lipinski definition) is 1. The minimum absolute atomic E-state index is 0.0135. The average molecular weight is 426 g/mol. The van der Waals surface area contributed by atoms with E-state index < -0.39 is 28.5 Å². The Bertz CT molecular complexity index is 944. The van der Waals surface area contributed by atoms with Crippen molar-refractivity contribution in [3.63, 3.8) is 0 Å². The molecule has 0 radical (unpaired) electrons. The van der Waals surface area contributed by atoms with Crippen molar-refractivity contribution in [3.8, 4) is 0 Å². The third kappa shape index (κ3) is 5.51. The number of nitrogens with zero attached hydrogens (tertiary/aromatic N) is 2. The van der Waals surface area contributed by atoms with Gasteiger partial charge < -0.3 is 10.1 Å². The highest BCUT2D eigenvalue weighted by Crippen LogP contribution is 2.17. The summed E-state index contributed by atoms with van der Waals surface area (Å²) in [7, 11) is -3.71. The van der Waals surface area contributed by atoms with Gasteiger partial charge in [-0.25, -0.2) is 18.2 Å². The van der Waals surface area contributed by atoms with E-state index in [1.807, 2.05) is 0 Å². The predicted octanol–water partition coefficient (Wildman–Crippen LogP) is 2.56. The number of hydrogen-bond acceptors (Lipinski definition) is 6. The van der Waals surface area contributed by atoms with Crippen molar-refractivity contribution >= 4 is 39.3 Å². The van der Waals surface area contributed by atoms with Crippen LogP contribution in [-0.2, 0) is 19.6 Å². The molecule has 1 aromatic heterocycles. The second-order valence-corrected chi connectivity index (χ2v) is 7.98. The van der Waals surface area contributed by atoms with E-state index in [1.165, 1.54) is 40.8 Å². The molecule has 0 atom stereocenters. The molecule has 10 heteroatoms. The summed E-state index contributed by atoms with van der Waals surface area (Å²) in [5.74, 6) is -1.14. The molecule has 0 saturated carbocycles. The number of halogens is 1. The van der Waals surface area contributed by atoms with E-state index in [2.05, 4.69) is 10.3 Å². The van der Waals surface area contributed by atoms with Gasteiger partial charge in [-0.15, -0.1) is 0 Å². The number of esters is 1. The normalized spacial score (nSPS) is 11.3. The van der Waals surface area contributed by atoms with Crippen molar-refractivity contribution in [1.82, 2.24) is 9.29 Å². The number of aromatic nitrogens is 1. The van der Waals surface area contributed by atoms with Crippen LogP contribution in [0, 0.1) is 0 Å². The lowest BCUT2D eigenvalue weighted by Crippen LogP contribution is -2.30. The first-order chi connectivity index (χ1) is 13.3. The molecule has 0 spiro atoms. The molecule has 2 aromatic rings. The molecule has 0 saturated heterocycles. The van der Waals surface area contributed by atoms with Crippen molar-refractivity contribution in [2.75, 3.05) is 25.0 Å². The van der Waals surface area contributed by atoms with Gasteiger partial charge in [0.15, 0.2) is 6.61 Å². The van der Waals surface area contributed by atoms with Crippen molar-refractivity contribution in [2.45, 2.75) is 18.7 Å². The standard InChI is InChI=1S/C18H20ClN3O5S/c1-3-22(4-2)28(25,26)15-7-5-6-13(10-15)18(24)27-12-17(23)21-16-9-8-14(19)11-20-16/h5-11H,3-4,12H2,1-2H3,(H,20,21,23). The zero-order valence-corrected chi connectivity index (χ0v) is 17.0. The van der Waals surface area contributed by atoms with Crippen molar-refractivity contribution in [2.24, 2.45) is 0 Å². The number of pyridine rings is 1. The molecule has 1 N–H and O–H groups in total. The Morgan fingerprint density at radius 1 is 1.18 bits per heavy atom. The molecule has 0 aliphatic rings. The van der Waals surface area contributed by atoms with Gasteiger partial charge >= 0.3 is 5.97 Å². The summed E-state index contributed by atoms with van der Waals surface area (Å²) in [6.07, 6.45) is 1.37. The van der Waals surface area contributed by atoms with Crippen molar-refractivity contribution < 1.29 is 22.7 Å². The Hall–Kier alpha value is -2.49. The summed E-state index contributed by atoms with van der Waals surface area (Å²) in [6.45, 7) is 3.54. The van der Waals surface area contributed by atoms with Gasteiger partial charge in [0, 0.05) is 19.3 Å². The Balaban J connectivity index is 2.02. The lowest BCUT2D eigenvalue weighted by Gasteiger charge is -2.18. The first-order valence-corrected chi connectivity index (χ1v) is 10.3. The van der Waals surface area contributed by atoms with Gasteiger partial charge in [-0.1, -0.05) is 31.5 Å². The van der Waals surface area contributed by atoms with Crippen molar-refractivity contribution in [3.05, 3.63) is 53.2 Å². The van der Waals surface area contributed by atoms with Gasteiger partial charge in [-0.05, 0) is 30.3 Å². The summed E-state index contributed by atoms with van der Waals surface area (Å²) in [6, 6.07) is 8.56.